The summed E-state index contributed by atoms with van der Waals surface area (Å²) in [4.78, 5) is 49.8. The van der Waals surface area contributed by atoms with Crippen molar-refractivity contribution in [2.75, 3.05) is 16.8 Å². The molecule has 1 heterocycles. The van der Waals surface area contributed by atoms with Gasteiger partial charge in [-0.2, -0.15) is 0 Å². The first kappa shape index (κ1) is 19.6. The quantitative estimate of drug-likeness (QED) is 0.396. The maximum atomic E-state index is 12.1. The fourth-order valence-electron chi connectivity index (χ4n) is 2.09. The molecule has 1 aliphatic heterocycles. The summed E-state index contributed by atoms with van der Waals surface area (Å²) >= 11 is 5.59. The highest BCUT2D eigenvalue weighted by Gasteiger charge is 2.35. The van der Waals surface area contributed by atoms with Gasteiger partial charge in [-0.25, -0.2) is 9.69 Å². The van der Waals surface area contributed by atoms with Gasteiger partial charge in [-0.15, -0.1) is 0 Å². The number of hydrogen-bond acceptors (Lipinski definition) is 4. The highest BCUT2D eigenvalue weighted by Crippen LogP contribution is 2.42. The number of hydrogen-bond donors (Lipinski definition) is 1. The predicted octanol–water partition coefficient (Wildman–Crippen LogP) is 2.61. The van der Waals surface area contributed by atoms with E-state index < -0.39 is 17.8 Å². The Balaban J connectivity index is 2.90. The molecule has 0 unspecified atom stereocenters. The van der Waals surface area contributed by atoms with Crippen LogP contribution in [0, 0.1) is 10.7 Å². The van der Waals surface area contributed by atoms with Crippen molar-refractivity contribution in [3.8, 4) is 0 Å². The van der Waals surface area contributed by atoms with E-state index in [1.54, 1.807) is 22.6 Å². The smallest absolute Gasteiger partial charge is 0.338 e. The van der Waals surface area contributed by atoms with E-state index >= 15 is 0 Å². The Bertz CT molecular complexity index is 816. The molecule has 0 saturated carbocycles. The molecule has 3 amide bonds. The van der Waals surface area contributed by atoms with Crippen LogP contribution in [0.3, 0.4) is 0 Å². The zero-order valence-corrected chi connectivity index (χ0v) is 18.7. The average molecular weight is 666 g/mol. The third-order valence-corrected chi connectivity index (χ3v) is 6.45. The van der Waals surface area contributed by atoms with Gasteiger partial charge >= 0.3 is 5.97 Å². The van der Waals surface area contributed by atoms with Gasteiger partial charge < -0.3 is 10.0 Å². The number of anilines is 2. The molecule has 1 aliphatic rings. The first-order chi connectivity index (χ1) is 11.1. The first-order valence-corrected chi connectivity index (χ1v) is 9.57. The van der Waals surface area contributed by atoms with Gasteiger partial charge in [0.25, 0.3) is 11.8 Å². The summed E-state index contributed by atoms with van der Waals surface area (Å²) in [6.07, 6.45) is 2.25. The third kappa shape index (κ3) is 3.18. The second-order valence-electron chi connectivity index (χ2n) is 4.74. The van der Waals surface area contributed by atoms with E-state index in [0.29, 0.717) is 12.8 Å². The molecule has 0 bridgehead atoms. The summed E-state index contributed by atoms with van der Waals surface area (Å²) in [7, 11) is 1.51. The van der Waals surface area contributed by atoms with Crippen LogP contribution >= 0.6 is 67.8 Å². The average Bonchev–Trinajstić information content (AvgIpc) is 2.78. The maximum Gasteiger partial charge on any atom is 0.338 e. The van der Waals surface area contributed by atoms with Gasteiger partial charge in [-0.3, -0.25) is 14.4 Å². The predicted molar refractivity (Wildman–Crippen MR) is 112 cm³/mol. The van der Waals surface area contributed by atoms with Crippen LogP contribution in [0.4, 0.5) is 11.4 Å². The number of imide groups is 1. The molecule has 24 heavy (non-hydrogen) atoms. The number of aromatic carboxylic acids is 1. The zero-order chi connectivity index (χ0) is 18.3. The molecule has 0 saturated heterocycles. The van der Waals surface area contributed by atoms with Gasteiger partial charge in [0.15, 0.2) is 0 Å². The van der Waals surface area contributed by atoms with Crippen LogP contribution in [0.25, 0.3) is 0 Å². The molecule has 0 radical (unpaired) electrons. The van der Waals surface area contributed by atoms with Crippen molar-refractivity contribution in [3.63, 3.8) is 0 Å². The summed E-state index contributed by atoms with van der Waals surface area (Å²) in [5.74, 6) is -2.60. The maximum absolute atomic E-state index is 12.1. The Morgan fingerprint density at radius 3 is 1.96 bits per heavy atom. The minimum absolute atomic E-state index is 0.0535. The molecular weight excluding hydrogens is 657 g/mol. The van der Waals surface area contributed by atoms with E-state index in [4.69, 9.17) is 0 Å². The van der Waals surface area contributed by atoms with Gasteiger partial charge in [0.2, 0.25) is 5.91 Å². The number of carboxylic acids is 1. The molecule has 2 rings (SSSR count). The summed E-state index contributed by atoms with van der Waals surface area (Å²) in [6.45, 7) is 1.35. The lowest BCUT2D eigenvalue weighted by molar-refractivity contribution is -0.120. The second-order valence-corrected chi connectivity index (χ2v) is 7.98. The van der Waals surface area contributed by atoms with Crippen molar-refractivity contribution < 1.29 is 24.3 Å². The van der Waals surface area contributed by atoms with Crippen LogP contribution in [-0.4, -0.2) is 35.8 Å². The van der Waals surface area contributed by atoms with Gasteiger partial charge in [0.1, 0.15) is 0 Å². The lowest BCUT2D eigenvalue weighted by Crippen LogP contribution is -2.33. The molecule has 1 aromatic rings. The van der Waals surface area contributed by atoms with Crippen LogP contribution in [0.1, 0.15) is 17.3 Å². The molecule has 0 aromatic heterocycles. The van der Waals surface area contributed by atoms with E-state index in [2.05, 4.69) is 0 Å². The molecule has 0 aliphatic carbocycles. The summed E-state index contributed by atoms with van der Waals surface area (Å²) < 4.78 is 1.08. The summed E-state index contributed by atoms with van der Waals surface area (Å²) in [6, 6.07) is 0. The first-order valence-electron chi connectivity index (χ1n) is 6.33. The van der Waals surface area contributed by atoms with E-state index in [-0.39, 0.29) is 20.7 Å². The Kier molecular flexibility index (Phi) is 5.89. The zero-order valence-electron chi connectivity index (χ0n) is 12.3. The Morgan fingerprint density at radius 1 is 1.04 bits per heavy atom. The lowest BCUT2D eigenvalue weighted by Gasteiger charge is -2.26. The van der Waals surface area contributed by atoms with Crippen molar-refractivity contribution in [2.45, 2.75) is 6.92 Å². The van der Waals surface area contributed by atoms with Gasteiger partial charge in [0, 0.05) is 26.1 Å². The van der Waals surface area contributed by atoms with Crippen LogP contribution in [0.15, 0.2) is 12.2 Å². The highest BCUT2D eigenvalue weighted by atomic mass is 127. The molecule has 1 aromatic carbocycles. The standard InChI is InChI=1S/C14H9I3N2O5/c1-5(20)18(2)12-9(15)8(14(23)24)10(16)13(11(12)17)19-6(21)3-4-7(19)22/h3-4H,1-2H3,(H,23,24). The molecule has 1 N–H and O–H groups in total. The minimum Gasteiger partial charge on any atom is -0.478 e. The molecule has 126 valence electrons. The Hall–Kier alpha value is -0.770. The SMILES string of the molecule is CC(=O)N(C)c1c(I)c(C(=O)O)c(I)c(N2C(=O)C=CC2=O)c1I. The van der Waals surface area contributed by atoms with Crippen LogP contribution in [0.5, 0.6) is 0 Å². The van der Waals surface area contributed by atoms with E-state index in [1.165, 1.54) is 18.9 Å². The number of carboxylic acid groups (broad SMARTS) is 1. The summed E-state index contributed by atoms with van der Waals surface area (Å²) in [5, 5.41) is 9.56. The number of halogens is 3. The molecule has 0 spiro atoms. The number of amides is 3. The monoisotopic (exact) mass is 666 g/mol. The molecule has 7 nitrogen and oxygen atoms in total. The Labute approximate surface area is 177 Å². The van der Waals surface area contributed by atoms with E-state index in [9.17, 15) is 24.3 Å². The highest BCUT2D eigenvalue weighted by molar-refractivity contribution is 14.1. The third-order valence-electron chi connectivity index (χ3n) is 3.33. The fourth-order valence-corrected chi connectivity index (χ4v) is 6.93. The van der Waals surface area contributed by atoms with Crippen LogP contribution in [0.2, 0.25) is 0 Å². The topological polar surface area (TPSA) is 95.0 Å². The molecule has 0 atom stereocenters. The lowest BCUT2D eigenvalue weighted by atomic mass is 10.1. The minimum atomic E-state index is -1.20. The number of carbonyl (C=O) groups is 4. The normalized spacial score (nSPS) is 13.6. The van der Waals surface area contributed by atoms with Gasteiger partial charge in [-0.05, 0) is 67.8 Å². The molecular formula is C14H9I3N2O5. The van der Waals surface area contributed by atoms with Gasteiger partial charge in [0.05, 0.1) is 27.6 Å². The van der Waals surface area contributed by atoms with Gasteiger partial charge in [-0.1, -0.05) is 0 Å². The van der Waals surface area contributed by atoms with Crippen molar-refractivity contribution >= 4 is 103 Å². The van der Waals surface area contributed by atoms with Crippen molar-refractivity contribution in [2.24, 2.45) is 0 Å². The largest absolute Gasteiger partial charge is 0.478 e. The van der Waals surface area contributed by atoms with Crippen LogP contribution in [-0.2, 0) is 14.4 Å². The van der Waals surface area contributed by atoms with Crippen molar-refractivity contribution in [3.05, 3.63) is 28.4 Å². The van der Waals surface area contributed by atoms with E-state index in [0.717, 1.165) is 17.1 Å². The van der Waals surface area contributed by atoms with Crippen LogP contribution < -0.4 is 9.80 Å². The van der Waals surface area contributed by atoms with Crippen molar-refractivity contribution in [1.29, 1.82) is 0 Å². The number of rotatable bonds is 3. The number of carbonyl (C=O) groups excluding carboxylic acids is 3. The number of benzene rings is 1. The summed E-state index contributed by atoms with van der Waals surface area (Å²) in [5.41, 5.74) is 0.475. The van der Waals surface area contributed by atoms with Crippen molar-refractivity contribution in [1.82, 2.24) is 0 Å². The number of nitrogens with zero attached hydrogens (tertiary/aromatic N) is 2. The Morgan fingerprint density at radius 2 is 1.54 bits per heavy atom. The fraction of sp³-hybridized carbons (Fsp3) is 0.143. The second kappa shape index (κ2) is 7.23. The molecule has 10 heteroatoms. The molecule has 0 fully saturated rings. The van der Waals surface area contributed by atoms with E-state index in [1.807, 2.05) is 45.2 Å².